The van der Waals surface area contributed by atoms with Gasteiger partial charge in [-0.05, 0) is 54.2 Å². The smallest absolute Gasteiger partial charge is 0.339 e. The molecule has 1 aliphatic rings. The molecule has 1 amide bonds. The lowest BCUT2D eigenvalue weighted by atomic mass is 9.75. The van der Waals surface area contributed by atoms with E-state index < -0.39 is 24.5 Å². The van der Waals surface area contributed by atoms with Crippen molar-refractivity contribution in [2.24, 2.45) is 17.8 Å². The van der Waals surface area contributed by atoms with Crippen molar-refractivity contribution >= 4 is 34.3 Å². The summed E-state index contributed by atoms with van der Waals surface area (Å²) in [6, 6.07) is 19.7. The van der Waals surface area contributed by atoms with Crippen molar-refractivity contribution in [3.05, 3.63) is 77.9 Å². The SMILES string of the molecule is CC(C)[C@H]1CC[C@@H](C)C[C@H]1OC(=O)c1ccccc1C(=O)OCC(=O)Nc1cccc2ccccc12. The Hall–Kier alpha value is -3.67. The number of rotatable bonds is 7. The number of anilines is 1. The van der Waals surface area contributed by atoms with E-state index in [1.807, 2.05) is 36.4 Å². The van der Waals surface area contributed by atoms with Crippen molar-refractivity contribution in [2.75, 3.05) is 11.9 Å². The Morgan fingerprint density at radius 3 is 2.31 bits per heavy atom. The molecule has 3 atom stereocenters. The first-order valence-corrected chi connectivity index (χ1v) is 12.6. The zero-order valence-electron chi connectivity index (χ0n) is 21.0. The highest BCUT2D eigenvalue weighted by molar-refractivity contribution is 6.05. The lowest BCUT2D eigenvalue weighted by molar-refractivity contribution is -0.119. The quantitative estimate of drug-likeness (QED) is 0.398. The number of carbonyl (C=O) groups is 3. The molecule has 1 fully saturated rings. The van der Waals surface area contributed by atoms with Crippen molar-refractivity contribution < 1.29 is 23.9 Å². The third-order valence-electron chi connectivity index (χ3n) is 6.98. The molecule has 6 nitrogen and oxygen atoms in total. The number of amides is 1. The fraction of sp³-hybridized carbons (Fsp3) is 0.367. The number of benzene rings is 3. The molecule has 4 rings (SSSR count). The second kappa shape index (κ2) is 11.4. The highest BCUT2D eigenvalue weighted by Crippen LogP contribution is 2.36. The van der Waals surface area contributed by atoms with Crippen LogP contribution in [0.2, 0.25) is 0 Å². The predicted molar refractivity (Wildman–Crippen MR) is 140 cm³/mol. The summed E-state index contributed by atoms with van der Waals surface area (Å²) in [7, 11) is 0. The second-order valence-electron chi connectivity index (χ2n) is 9.97. The van der Waals surface area contributed by atoms with E-state index in [-0.39, 0.29) is 17.2 Å². The molecule has 1 N–H and O–H groups in total. The first-order chi connectivity index (χ1) is 17.3. The number of esters is 2. The number of nitrogens with one attached hydrogen (secondary N) is 1. The van der Waals surface area contributed by atoms with Crippen molar-refractivity contribution in [3.63, 3.8) is 0 Å². The minimum absolute atomic E-state index is 0.0883. The van der Waals surface area contributed by atoms with Gasteiger partial charge < -0.3 is 14.8 Å². The van der Waals surface area contributed by atoms with E-state index in [4.69, 9.17) is 9.47 Å². The van der Waals surface area contributed by atoms with Gasteiger partial charge in [0.05, 0.1) is 11.1 Å². The topological polar surface area (TPSA) is 81.7 Å². The summed E-state index contributed by atoms with van der Waals surface area (Å²) < 4.78 is 11.2. The number of carbonyl (C=O) groups excluding carboxylic acids is 3. The molecular formula is C30H33NO5. The van der Waals surface area contributed by atoms with Crippen LogP contribution in [0.25, 0.3) is 10.8 Å². The van der Waals surface area contributed by atoms with Crippen LogP contribution in [0.1, 0.15) is 60.7 Å². The second-order valence-corrected chi connectivity index (χ2v) is 9.97. The van der Waals surface area contributed by atoms with Gasteiger partial charge in [0, 0.05) is 11.1 Å². The highest BCUT2D eigenvalue weighted by Gasteiger charge is 2.34. The summed E-state index contributed by atoms with van der Waals surface area (Å²) in [4.78, 5) is 38.5. The summed E-state index contributed by atoms with van der Waals surface area (Å²) in [5.41, 5.74) is 0.877. The Kier molecular flexibility index (Phi) is 8.04. The summed E-state index contributed by atoms with van der Waals surface area (Å²) in [5.74, 6) is -0.563. The van der Waals surface area contributed by atoms with Crippen LogP contribution in [0.4, 0.5) is 5.69 Å². The van der Waals surface area contributed by atoms with Crippen LogP contribution in [0.5, 0.6) is 0 Å². The van der Waals surface area contributed by atoms with E-state index in [0.717, 1.165) is 30.0 Å². The Labute approximate surface area is 212 Å². The lowest BCUT2D eigenvalue weighted by Gasteiger charge is -2.36. The van der Waals surface area contributed by atoms with Crippen LogP contribution in [0.15, 0.2) is 66.7 Å². The van der Waals surface area contributed by atoms with Crippen LogP contribution < -0.4 is 5.32 Å². The van der Waals surface area contributed by atoms with Gasteiger partial charge >= 0.3 is 11.9 Å². The first kappa shape index (κ1) is 25.4. The number of hydrogen-bond donors (Lipinski definition) is 1. The third kappa shape index (κ3) is 5.93. The van der Waals surface area contributed by atoms with Gasteiger partial charge in [0.25, 0.3) is 5.91 Å². The maximum atomic E-state index is 13.1. The largest absolute Gasteiger partial charge is 0.458 e. The van der Waals surface area contributed by atoms with E-state index in [1.165, 1.54) is 6.07 Å². The van der Waals surface area contributed by atoms with Gasteiger partial charge in [0.2, 0.25) is 0 Å². The van der Waals surface area contributed by atoms with Crippen LogP contribution >= 0.6 is 0 Å². The lowest BCUT2D eigenvalue weighted by Crippen LogP contribution is -2.36. The van der Waals surface area contributed by atoms with Gasteiger partial charge in [0.15, 0.2) is 6.61 Å². The molecule has 0 heterocycles. The molecule has 6 heteroatoms. The molecule has 0 spiro atoms. The molecule has 0 saturated heterocycles. The fourth-order valence-electron chi connectivity index (χ4n) is 5.02. The number of fused-ring (bicyclic) bond motifs is 1. The van der Waals surface area contributed by atoms with Crippen molar-refractivity contribution in [2.45, 2.75) is 46.1 Å². The van der Waals surface area contributed by atoms with Crippen LogP contribution in [-0.2, 0) is 14.3 Å². The van der Waals surface area contributed by atoms with Gasteiger partial charge in [-0.25, -0.2) is 9.59 Å². The predicted octanol–water partition coefficient (Wildman–Crippen LogP) is 6.25. The van der Waals surface area contributed by atoms with E-state index in [0.29, 0.717) is 23.4 Å². The maximum Gasteiger partial charge on any atom is 0.339 e. The molecule has 1 saturated carbocycles. The van der Waals surface area contributed by atoms with Crippen molar-refractivity contribution in [3.8, 4) is 0 Å². The van der Waals surface area contributed by atoms with Crippen LogP contribution in [0.3, 0.4) is 0 Å². The summed E-state index contributed by atoms with van der Waals surface area (Å²) in [6.45, 7) is 6.00. The van der Waals surface area contributed by atoms with Crippen molar-refractivity contribution in [1.82, 2.24) is 0 Å². The molecule has 0 unspecified atom stereocenters. The molecule has 188 valence electrons. The normalized spacial score (nSPS) is 19.6. The minimum Gasteiger partial charge on any atom is -0.458 e. The van der Waals surface area contributed by atoms with E-state index in [1.54, 1.807) is 24.3 Å². The fourth-order valence-corrected chi connectivity index (χ4v) is 5.02. The summed E-state index contributed by atoms with van der Waals surface area (Å²) in [6.07, 6.45) is 2.78. The monoisotopic (exact) mass is 487 g/mol. The zero-order valence-corrected chi connectivity index (χ0v) is 21.0. The van der Waals surface area contributed by atoms with E-state index >= 15 is 0 Å². The van der Waals surface area contributed by atoms with E-state index in [2.05, 4.69) is 26.1 Å². The molecule has 3 aromatic carbocycles. The molecule has 36 heavy (non-hydrogen) atoms. The number of hydrogen-bond acceptors (Lipinski definition) is 5. The summed E-state index contributed by atoms with van der Waals surface area (Å²) >= 11 is 0. The molecule has 3 aromatic rings. The van der Waals surface area contributed by atoms with E-state index in [9.17, 15) is 14.4 Å². The van der Waals surface area contributed by atoms with Crippen LogP contribution in [-0.4, -0.2) is 30.6 Å². The Morgan fingerprint density at radius 2 is 1.56 bits per heavy atom. The standard InChI is InChI=1S/C30H33NO5/c1-19(2)22-16-15-20(3)17-27(22)36-30(34)25-13-7-6-12-24(25)29(33)35-18-28(32)31-26-14-8-10-21-9-4-5-11-23(21)26/h4-14,19-20,22,27H,15-18H2,1-3H3,(H,31,32)/t20-,22-,27-/m1/s1. The highest BCUT2D eigenvalue weighted by atomic mass is 16.5. The zero-order chi connectivity index (χ0) is 25.7. The first-order valence-electron chi connectivity index (χ1n) is 12.6. The Bertz CT molecular complexity index is 1250. The van der Waals surface area contributed by atoms with Gasteiger partial charge in [-0.1, -0.05) is 75.7 Å². The molecule has 0 aliphatic heterocycles. The molecule has 1 aliphatic carbocycles. The Morgan fingerprint density at radius 1 is 0.889 bits per heavy atom. The maximum absolute atomic E-state index is 13.1. The minimum atomic E-state index is -0.743. The molecule has 0 bridgehead atoms. The number of ether oxygens (including phenoxy) is 2. The van der Waals surface area contributed by atoms with Crippen LogP contribution in [0, 0.1) is 17.8 Å². The summed E-state index contributed by atoms with van der Waals surface area (Å²) in [5, 5.41) is 4.68. The van der Waals surface area contributed by atoms with Gasteiger partial charge in [-0.3, -0.25) is 4.79 Å². The van der Waals surface area contributed by atoms with Crippen molar-refractivity contribution in [1.29, 1.82) is 0 Å². The molecule has 0 aromatic heterocycles. The average molecular weight is 488 g/mol. The molecular weight excluding hydrogens is 454 g/mol. The van der Waals surface area contributed by atoms with Gasteiger partial charge in [-0.2, -0.15) is 0 Å². The van der Waals surface area contributed by atoms with Gasteiger partial charge in [0.1, 0.15) is 6.10 Å². The third-order valence-corrected chi connectivity index (χ3v) is 6.98. The van der Waals surface area contributed by atoms with Gasteiger partial charge in [-0.15, -0.1) is 0 Å². The Balaban J connectivity index is 1.41. The average Bonchev–Trinajstić information content (AvgIpc) is 2.87. The molecule has 0 radical (unpaired) electrons.